The van der Waals surface area contributed by atoms with E-state index >= 15 is 0 Å². The maximum absolute atomic E-state index is 4.95. The van der Waals surface area contributed by atoms with Crippen LogP contribution in [0.2, 0.25) is 0 Å². The van der Waals surface area contributed by atoms with Crippen molar-refractivity contribution >= 4 is 0 Å². The van der Waals surface area contributed by atoms with Gasteiger partial charge < -0.3 is 4.74 Å². The second-order valence-electron chi connectivity index (χ2n) is 2.51. The molecule has 0 aliphatic heterocycles. The Bertz CT molecular complexity index is 181. The predicted octanol–water partition coefficient (Wildman–Crippen LogP) is 2.07. The molecule has 0 N–H and O–H groups in total. The second kappa shape index (κ2) is 4.91. The van der Waals surface area contributed by atoms with Gasteiger partial charge in [-0.1, -0.05) is 24.3 Å². The van der Waals surface area contributed by atoms with Gasteiger partial charge in [-0.2, -0.15) is 0 Å². The van der Waals surface area contributed by atoms with Crippen LogP contribution in [0, 0.1) is 6.07 Å². The van der Waals surface area contributed by atoms with Gasteiger partial charge in [0, 0.05) is 13.7 Å². The van der Waals surface area contributed by atoms with Crippen LogP contribution in [-0.4, -0.2) is 13.7 Å². The molecule has 0 unspecified atom stereocenters. The van der Waals surface area contributed by atoms with Gasteiger partial charge in [0.05, 0.1) is 0 Å². The summed E-state index contributed by atoms with van der Waals surface area (Å²) < 4.78 is 4.95. The van der Waals surface area contributed by atoms with Gasteiger partial charge in [0.1, 0.15) is 0 Å². The lowest BCUT2D eigenvalue weighted by Crippen LogP contribution is -1.91. The Hall–Kier alpha value is -0.820. The average molecular weight is 149 g/mol. The number of benzene rings is 1. The van der Waals surface area contributed by atoms with Gasteiger partial charge in [-0.3, -0.25) is 0 Å². The number of aryl methyl sites for hydroxylation is 1. The Morgan fingerprint density at radius 1 is 1.55 bits per heavy atom. The molecule has 0 aromatic heterocycles. The van der Waals surface area contributed by atoms with Gasteiger partial charge in [0.2, 0.25) is 0 Å². The summed E-state index contributed by atoms with van der Waals surface area (Å²) in [6.45, 7) is 0.842. The van der Waals surface area contributed by atoms with Gasteiger partial charge in [-0.05, 0) is 24.5 Å². The smallest absolute Gasteiger partial charge is 0.0465 e. The maximum Gasteiger partial charge on any atom is 0.0465 e. The Morgan fingerprint density at radius 2 is 2.45 bits per heavy atom. The first-order valence-electron chi connectivity index (χ1n) is 3.87. The van der Waals surface area contributed by atoms with E-state index < -0.39 is 0 Å². The van der Waals surface area contributed by atoms with Crippen molar-refractivity contribution in [1.82, 2.24) is 0 Å². The molecular formula is C10H13O. The predicted molar refractivity (Wildman–Crippen MR) is 45.5 cm³/mol. The summed E-state index contributed by atoms with van der Waals surface area (Å²) in [5, 5.41) is 0. The van der Waals surface area contributed by atoms with Gasteiger partial charge >= 0.3 is 0 Å². The van der Waals surface area contributed by atoms with Crippen LogP contribution in [0.3, 0.4) is 0 Å². The van der Waals surface area contributed by atoms with E-state index in [0.29, 0.717) is 0 Å². The molecule has 1 aromatic rings. The van der Waals surface area contributed by atoms with E-state index in [1.807, 2.05) is 18.2 Å². The highest BCUT2D eigenvalue weighted by Crippen LogP contribution is 2.01. The zero-order chi connectivity index (χ0) is 7.94. The molecule has 0 aliphatic rings. The third-order valence-corrected chi connectivity index (χ3v) is 1.59. The molecule has 0 heterocycles. The van der Waals surface area contributed by atoms with E-state index in [1.54, 1.807) is 7.11 Å². The molecule has 0 aliphatic carbocycles. The quantitative estimate of drug-likeness (QED) is 0.595. The minimum atomic E-state index is 0.842. The third-order valence-electron chi connectivity index (χ3n) is 1.59. The molecule has 0 fully saturated rings. The van der Waals surface area contributed by atoms with Crippen LogP contribution in [0.4, 0.5) is 0 Å². The monoisotopic (exact) mass is 149 g/mol. The molecule has 0 saturated carbocycles. The van der Waals surface area contributed by atoms with Crippen LogP contribution >= 0.6 is 0 Å². The minimum absolute atomic E-state index is 0.842. The standard InChI is InChI=1S/C10H13O/c1-11-9-5-8-10-6-3-2-4-7-10/h2-3,6-7H,5,8-9H2,1H3. The van der Waals surface area contributed by atoms with Crippen LogP contribution in [0.5, 0.6) is 0 Å². The zero-order valence-electron chi connectivity index (χ0n) is 6.84. The zero-order valence-corrected chi connectivity index (χ0v) is 6.84. The van der Waals surface area contributed by atoms with E-state index in [1.165, 1.54) is 5.56 Å². The molecule has 11 heavy (non-hydrogen) atoms. The van der Waals surface area contributed by atoms with E-state index in [0.717, 1.165) is 19.4 Å². The normalized spacial score (nSPS) is 9.91. The summed E-state index contributed by atoms with van der Waals surface area (Å²) in [6, 6.07) is 11.1. The fourth-order valence-corrected chi connectivity index (χ4v) is 1.01. The van der Waals surface area contributed by atoms with Crippen molar-refractivity contribution in [3.05, 3.63) is 35.9 Å². The van der Waals surface area contributed by atoms with E-state index in [4.69, 9.17) is 4.74 Å². The molecule has 1 radical (unpaired) electrons. The molecule has 1 aromatic carbocycles. The first-order valence-corrected chi connectivity index (χ1v) is 3.87. The molecule has 0 saturated heterocycles. The molecule has 1 nitrogen and oxygen atoms in total. The van der Waals surface area contributed by atoms with Crippen molar-refractivity contribution in [1.29, 1.82) is 0 Å². The Morgan fingerprint density at radius 3 is 3.09 bits per heavy atom. The fraction of sp³-hybridized carbons (Fsp3) is 0.400. The van der Waals surface area contributed by atoms with Crippen LogP contribution in [0.25, 0.3) is 0 Å². The summed E-state index contributed by atoms with van der Waals surface area (Å²) in [7, 11) is 1.73. The average Bonchev–Trinajstić information content (AvgIpc) is 2.07. The van der Waals surface area contributed by atoms with Crippen molar-refractivity contribution in [3.8, 4) is 0 Å². The summed E-state index contributed by atoms with van der Waals surface area (Å²) in [6.07, 6.45) is 2.18. The topological polar surface area (TPSA) is 9.23 Å². The van der Waals surface area contributed by atoms with Gasteiger partial charge in [-0.15, -0.1) is 0 Å². The van der Waals surface area contributed by atoms with Crippen molar-refractivity contribution in [2.24, 2.45) is 0 Å². The summed E-state index contributed by atoms with van der Waals surface area (Å²) >= 11 is 0. The summed E-state index contributed by atoms with van der Waals surface area (Å²) in [5.41, 5.74) is 1.34. The Balaban J connectivity index is 2.28. The molecule has 0 bridgehead atoms. The Labute approximate surface area is 68.0 Å². The van der Waals surface area contributed by atoms with E-state index in [-0.39, 0.29) is 0 Å². The van der Waals surface area contributed by atoms with E-state index in [9.17, 15) is 0 Å². The van der Waals surface area contributed by atoms with Crippen LogP contribution in [0.15, 0.2) is 24.3 Å². The van der Waals surface area contributed by atoms with Crippen molar-refractivity contribution < 1.29 is 4.74 Å². The molecule has 59 valence electrons. The summed E-state index contributed by atoms with van der Waals surface area (Å²) in [5.74, 6) is 0. The summed E-state index contributed by atoms with van der Waals surface area (Å²) in [4.78, 5) is 0. The molecular weight excluding hydrogens is 136 g/mol. The highest BCUT2D eigenvalue weighted by molar-refractivity contribution is 5.13. The van der Waals surface area contributed by atoms with Gasteiger partial charge in [0.15, 0.2) is 0 Å². The molecule has 0 amide bonds. The first-order chi connectivity index (χ1) is 5.43. The minimum Gasteiger partial charge on any atom is -0.385 e. The van der Waals surface area contributed by atoms with E-state index in [2.05, 4.69) is 12.1 Å². The Kier molecular flexibility index (Phi) is 3.70. The number of ether oxygens (including phenoxy) is 1. The second-order valence-corrected chi connectivity index (χ2v) is 2.51. The third kappa shape index (κ3) is 3.19. The fourth-order valence-electron chi connectivity index (χ4n) is 1.01. The lowest BCUT2D eigenvalue weighted by Gasteiger charge is -1.98. The lowest BCUT2D eigenvalue weighted by molar-refractivity contribution is 0.195. The van der Waals surface area contributed by atoms with Crippen molar-refractivity contribution in [3.63, 3.8) is 0 Å². The highest BCUT2D eigenvalue weighted by atomic mass is 16.5. The highest BCUT2D eigenvalue weighted by Gasteiger charge is 1.89. The molecule has 0 atom stereocenters. The van der Waals surface area contributed by atoms with Crippen LogP contribution < -0.4 is 0 Å². The molecule has 0 spiro atoms. The largest absolute Gasteiger partial charge is 0.385 e. The molecule has 1 rings (SSSR count). The van der Waals surface area contributed by atoms with Crippen LogP contribution in [-0.2, 0) is 11.2 Å². The molecule has 1 heteroatoms. The maximum atomic E-state index is 4.95. The SMILES string of the molecule is COCCCc1c[c]ccc1. The number of methoxy groups -OCH3 is 1. The number of hydrogen-bond donors (Lipinski definition) is 0. The van der Waals surface area contributed by atoms with Crippen molar-refractivity contribution in [2.75, 3.05) is 13.7 Å². The lowest BCUT2D eigenvalue weighted by atomic mass is 10.1. The number of hydrogen-bond acceptors (Lipinski definition) is 1. The van der Waals surface area contributed by atoms with Gasteiger partial charge in [-0.25, -0.2) is 0 Å². The first kappa shape index (κ1) is 8.28. The van der Waals surface area contributed by atoms with Crippen molar-refractivity contribution in [2.45, 2.75) is 12.8 Å². The van der Waals surface area contributed by atoms with Gasteiger partial charge in [0.25, 0.3) is 0 Å². The van der Waals surface area contributed by atoms with Crippen LogP contribution in [0.1, 0.15) is 12.0 Å². The number of rotatable bonds is 4.